The first-order valence-electron chi connectivity index (χ1n) is 6.24. The number of halogens is 1. The number of aryl methyl sites for hydroxylation is 2. The average Bonchev–Trinajstić information content (AvgIpc) is 2.75. The van der Waals surface area contributed by atoms with E-state index in [2.05, 4.69) is 0 Å². The molecule has 1 aromatic heterocycles. The zero-order chi connectivity index (χ0) is 15.6. The van der Waals surface area contributed by atoms with Crippen LogP contribution in [0.25, 0.3) is 0 Å². The summed E-state index contributed by atoms with van der Waals surface area (Å²) < 4.78 is 0. The van der Waals surface area contributed by atoms with Crippen LogP contribution in [0.15, 0.2) is 30.3 Å². The van der Waals surface area contributed by atoms with Crippen LogP contribution in [0.4, 0.5) is 5.69 Å². The van der Waals surface area contributed by atoms with Crippen LogP contribution in [0, 0.1) is 13.8 Å². The second kappa shape index (κ2) is 6.28. The monoisotopic (exact) mass is 323 g/mol. The van der Waals surface area contributed by atoms with Crippen molar-refractivity contribution in [1.29, 1.82) is 0 Å². The predicted molar refractivity (Wildman–Crippen MR) is 84.6 cm³/mol. The number of nitrogens with zero attached hydrogens (tertiary/aromatic N) is 1. The Hall–Kier alpha value is -1.85. The van der Waals surface area contributed by atoms with Crippen LogP contribution in [0.5, 0.6) is 0 Å². The summed E-state index contributed by atoms with van der Waals surface area (Å²) in [6, 6.07) is 8.32. The summed E-state index contributed by atoms with van der Waals surface area (Å²) in [4.78, 5) is 26.8. The minimum Gasteiger partial charge on any atom is -0.480 e. The number of amides is 1. The molecule has 1 N–H and O–H groups in total. The second-order valence-electron chi connectivity index (χ2n) is 4.59. The molecule has 1 aromatic carbocycles. The Morgan fingerprint density at radius 1 is 1.24 bits per heavy atom. The first-order valence-corrected chi connectivity index (χ1v) is 7.44. The first kappa shape index (κ1) is 15.5. The summed E-state index contributed by atoms with van der Waals surface area (Å²) in [5, 5.41) is 9.58. The van der Waals surface area contributed by atoms with Crippen LogP contribution in [-0.4, -0.2) is 23.5 Å². The van der Waals surface area contributed by atoms with Gasteiger partial charge in [-0.15, -0.1) is 11.3 Å². The fraction of sp³-hybridized carbons (Fsp3) is 0.200. The summed E-state index contributed by atoms with van der Waals surface area (Å²) in [5.41, 5.74) is 1.05. The number of carbonyl (C=O) groups excluding carboxylic acids is 1. The van der Waals surface area contributed by atoms with E-state index in [-0.39, 0.29) is 5.91 Å². The number of hydrogen-bond acceptors (Lipinski definition) is 3. The number of hydrogen-bond donors (Lipinski definition) is 1. The van der Waals surface area contributed by atoms with Gasteiger partial charge in [0.1, 0.15) is 6.54 Å². The minimum absolute atomic E-state index is 0.318. The molecule has 0 aliphatic rings. The molecule has 110 valence electrons. The smallest absolute Gasteiger partial charge is 0.323 e. The van der Waals surface area contributed by atoms with E-state index in [1.807, 2.05) is 13.8 Å². The number of aliphatic carboxylic acids is 1. The van der Waals surface area contributed by atoms with Crippen molar-refractivity contribution in [1.82, 2.24) is 0 Å². The molecule has 0 radical (unpaired) electrons. The Labute approximate surface area is 131 Å². The van der Waals surface area contributed by atoms with Gasteiger partial charge in [0.15, 0.2) is 0 Å². The Morgan fingerprint density at radius 3 is 2.33 bits per heavy atom. The molecule has 1 heterocycles. The van der Waals surface area contributed by atoms with Gasteiger partial charge in [-0.05, 0) is 44.2 Å². The number of carbonyl (C=O) groups is 2. The molecule has 6 heteroatoms. The van der Waals surface area contributed by atoms with Crippen molar-refractivity contribution < 1.29 is 14.7 Å². The van der Waals surface area contributed by atoms with Gasteiger partial charge in [0.25, 0.3) is 5.91 Å². The van der Waals surface area contributed by atoms with Crippen molar-refractivity contribution in [2.24, 2.45) is 0 Å². The summed E-state index contributed by atoms with van der Waals surface area (Å²) >= 11 is 7.34. The largest absolute Gasteiger partial charge is 0.480 e. The highest BCUT2D eigenvalue weighted by Gasteiger charge is 2.23. The summed E-state index contributed by atoms with van der Waals surface area (Å²) in [6.45, 7) is 3.37. The van der Waals surface area contributed by atoms with Gasteiger partial charge < -0.3 is 5.11 Å². The maximum Gasteiger partial charge on any atom is 0.323 e. The van der Waals surface area contributed by atoms with Crippen molar-refractivity contribution in [2.75, 3.05) is 11.4 Å². The standard InChI is InChI=1S/C15H14ClNO3S/c1-9-7-13(10(2)21-9)15(20)17(8-14(18)19)12-5-3-11(16)4-6-12/h3-7H,8H2,1-2H3,(H,18,19). The van der Waals surface area contributed by atoms with Crippen LogP contribution in [0.1, 0.15) is 20.1 Å². The van der Waals surface area contributed by atoms with Gasteiger partial charge in [0.05, 0.1) is 5.56 Å². The van der Waals surface area contributed by atoms with Crippen LogP contribution in [-0.2, 0) is 4.79 Å². The molecule has 0 fully saturated rings. The molecule has 0 unspecified atom stereocenters. The first-order chi connectivity index (χ1) is 9.88. The molecular formula is C15H14ClNO3S. The molecule has 0 aliphatic heterocycles. The number of anilines is 1. The van der Waals surface area contributed by atoms with Gasteiger partial charge >= 0.3 is 5.97 Å². The number of carboxylic acid groups (broad SMARTS) is 1. The molecule has 21 heavy (non-hydrogen) atoms. The maximum atomic E-state index is 12.6. The van der Waals surface area contributed by atoms with Gasteiger partial charge in [-0.3, -0.25) is 14.5 Å². The van der Waals surface area contributed by atoms with Gasteiger partial charge in [0, 0.05) is 20.5 Å². The molecule has 0 saturated heterocycles. The lowest BCUT2D eigenvalue weighted by Gasteiger charge is -2.21. The van der Waals surface area contributed by atoms with E-state index in [1.54, 1.807) is 30.3 Å². The number of rotatable bonds is 4. The molecule has 0 atom stereocenters. The normalized spacial score (nSPS) is 10.4. The molecule has 0 aliphatic carbocycles. The summed E-state index contributed by atoms with van der Waals surface area (Å²) in [6.07, 6.45) is 0. The lowest BCUT2D eigenvalue weighted by Crippen LogP contribution is -2.35. The predicted octanol–water partition coefficient (Wildman–Crippen LogP) is 3.75. The van der Waals surface area contributed by atoms with Crippen molar-refractivity contribution in [3.8, 4) is 0 Å². The molecule has 2 rings (SSSR count). The number of carboxylic acids is 1. The Bertz CT molecular complexity index is 679. The molecule has 1 amide bonds. The second-order valence-corrected chi connectivity index (χ2v) is 6.49. The molecular weight excluding hydrogens is 310 g/mol. The van der Waals surface area contributed by atoms with E-state index in [9.17, 15) is 9.59 Å². The van der Waals surface area contributed by atoms with Gasteiger partial charge in [0.2, 0.25) is 0 Å². The van der Waals surface area contributed by atoms with Crippen molar-refractivity contribution >= 4 is 40.5 Å². The van der Waals surface area contributed by atoms with Crippen LogP contribution >= 0.6 is 22.9 Å². The van der Waals surface area contributed by atoms with Gasteiger partial charge in [-0.2, -0.15) is 0 Å². The van der Waals surface area contributed by atoms with Gasteiger partial charge in [-0.1, -0.05) is 11.6 Å². The lowest BCUT2D eigenvalue weighted by molar-refractivity contribution is -0.135. The molecule has 2 aromatic rings. The third kappa shape index (κ3) is 3.62. The Kier molecular flexibility index (Phi) is 4.65. The fourth-order valence-corrected chi connectivity index (χ4v) is 3.07. The van der Waals surface area contributed by atoms with Crippen LogP contribution in [0.2, 0.25) is 5.02 Å². The van der Waals surface area contributed by atoms with E-state index in [0.29, 0.717) is 16.3 Å². The minimum atomic E-state index is -1.07. The van der Waals surface area contributed by atoms with Gasteiger partial charge in [-0.25, -0.2) is 0 Å². The highest BCUT2D eigenvalue weighted by molar-refractivity contribution is 7.12. The van der Waals surface area contributed by atoms with E-state index < -0.39 is 12.5 Å². The van der Waals surface area contributed by atoms with Crippen LogP contribution < -0.4 is 4.90 Å². The number of benzene rings is 1. The topological polar surface area (TPSA) is 57.6 Å². The zero-order valence-electron chi connectivity index (χ0n) is 11.6. The highest BCUT2D eigenvalue weighted by atomic mass is 35.5. The van der Waals surface area contributed by atoms with E-state index in [0.717, 1.165) is 9.75 Å². The maximum absolute atomic E-state index is 12.6. The highest BCUT2D eigenvalue weighted by Crippen LogP contribution is 2.25. The fourth-order valence-electron chi connectivity index (χ4n) is 2.03. The van der Waals surface area contributed by atoms with E-state index >= 15 is 0 Å². The lowest BCUT2D eigenvalue weighted by atomic mass is 10.2. The SMILES string of the molecule is Cc1cc(C(=O)N(CC(=O)O)c2ccc(Cl)cc2)c(C)s1. The molecule has 0 bridgehead atoms. The average molecular weight is 324 g/mol. The van der Waals surface area contributed by atoms with Crippen LogP contribution in [0.3, 0.4) is 0 Å². The quantitative estimate of drug-likeness (QED) is 0.932. The third-order valence-corrected chi connectivity index (χ3v) is 4.17. The Morgan fingerprint density at radius 2 is 1.86 bits per heavy atom. The summed E-state index contributed by atoms with van der Waals surface area (Å²) in [5.74, 6) is -1.38. The zero-order valence-corrected chi connectivity index (χ0v) is 13.2. The van der Waals surface area contributed by atoms with Crippen molar-refractivity contribution in [2.45, 2.75) is 13.8 Å². The van der Waals surface area contributed by atoms with Crippen molar-refractivity contribution in [3.05, 3.63) is 50.7 Å². The van der Waals surface area contributed by atoms with Crippen molar-refractivity contribution in [3.63, 3.8) is 0 Å². The summed E-state index contributed by atoms with van der Waals surface area (Å²) in [7, 11) is 0. The molecule has 0 spiro atoms. The third-order valence-electron chi connectivity index (χ3n) is 2.95. The Balaban J connectivity index is 2.40. The van der Waals surface area contributed by atoms with E-state index in [4.69, 9.17) is 16.7 Å². The van der Waals surface area contributed by atoms with E-state index in [1.165, 1.54) is 16.2 Å². The number of thiophene rings is 1. The molecule has 0 saturated carbocycles. The molecule has 4 nitrogen and oxygen atoms in total.